The number of anilines is 1. The van der Waals surface area contributed by atoms with Gasteiger partial charge in [0.1, 0.15) is 0 Å². The molecular weight excluding hydrogens is 529 g/mol. The first kappa shape index (κ1) is 21.0. The Hall–Kier alpha value is 0.620. The van der Waals surface area contributed by atoms with Gasteiger partial charge in [0.25, 0.3) is 0 Å². The van der Waals surface area contributed by atoms with Crippen molar-refractivity contribution >= 4 is 84.0 Å². The number of aryl methyl sites for hydroxylation is 1. The average Bonchev–Trinajstić information content (AvgIpc) is 2.10. The highest BCUT2D eigenvalue weighted by Gasteiger charge is 1.96. The number of benzene rings is 1. The summed E-state index contributed by atoms with van der Waals surface area (Å²) in [6.45, 7) is 5.64. The summed E-state index contributed by atoms with van der Waals surface area (Å²) in [5, 5.41) is 7.08. The third-order valence-corrected chi connectivity index (χ3v) is 1.67. The van der Waals surface area contributed by atoms with E-state index >= 15 is 0 Å². The monoisotopic (exact) mass is 544 g/mol. The number of rotatable bonds is 3. The summed E-state index contributed by atoms with van der Waals surface area (Å²) in [6, 6.07) is 7.94. The maximum absolute atomic E-state index is 7.08. The average molecular weight is 544 g/mol. The molecule has 0 saturated heterocycles. The van der Waals surface area contributed by atoms with Crippen molar-refractivity contribution in [2.45, 2.75) is 6.92 Å². The van der Waals surface area contributed by atoms with Crippen LogP contribution in [0.2, 0.25) is 0 Å². The highest BCUT2D eigenvalue weighted by Crippen LogP contribution is 2.13. The van der Waals surface area contributed by atoms with Crippen LogP contribution in [0.4, 0.5) is 5.69 Å². The van der Waals surface area contributed by atoms with E-state index in [1.165, 1.54) is 11.9 Å². The fourth-order valence-corrected chi connectivity index (χ4v) is 0.950. The van der Waals surface area contributed by atoms with Gasteiger partial charge in [0.15, 0.2) is 0 Å². The molecule has 0 heterocycles. The Kier molecular flexibility index (Phi) is 15.5. The molecule has 5 heteroatoms. The van der Waals surface area contributed by atoms with Gasteiger partial charge in [-0.2, -0.15) is 0 Å². The normalized spacial score (nSPS) is 7.27. The maximum Gasteiger partial charge on any atom is 0.0902 e. The van der Waals surface area contributed by atoms with Crippen LogP contribution in [0.15, 0.2) is 37.0 Å². The molecule has 0 atom stereocenters. The highest BCUT2D eigenvalue weighted by atomic mass is 127. The molecule has 0 unspecified atom stereocenters. The van der Waals surface area contributed by atoms with Gasteiger partial charge in [0.2, 0.25) is 0 Å². The van der Waals surface area contributed by atoms with Crippen molar-refractivity contribution in [1.29, 1.82) is 5.41 Å². The maximum atomic E-state index is 7.08. The lowest BCUT2D eigenvalue weighted by atomic mass is 10.2. The van der Waals surface area contributed by atoms with E-state index < -0.39 is 0 Å². The second-order valence-corrected chi connectivity index (χ2v) is 2.55. The Morgan fingerprint density at radius 3 is 1.93 bits per heavy atom. The molecule has 0 bridgehead atoms. The highest BCUT2D eigenvalue weighted by molar-refractivity contribution is 14.0. The lowest BCUT2D eigenvalue weighted by Gasteiger charge is -2.12. The molecule has 1 aromatic carbocycles. The summed E-state index contributed by atoms with van der Waals surface area (Å²) in [5.74, 6) is 0. The summed E-state index contributed by atoms with van der Waals surface area (Å²) in [7, 11) is 0. The molecule has 1 aromatic rings. The summed E-state index contributed by atoms with van der Waals surface area (Å²) in [4.78, 5) is 1.65. The molecule has 0 saturated carbocycles. The van der Waals surface area contributed by atoms with Crippen LogP contribution in [0.25, 0.3) is 0 Å². The van der Waals surface area contributed by atoms with E-state index in [1.807, 2.05) is 31.2 Å². The minimum Gasteiger partial charge on any atom is -0.309 e. The van der Waals surface area contributed by atoms with E-state index in [2.05, 4.69) is 6.58 Å². The smallest absolute Gasteiger partial charge is 0.0902 e. The van der Waals surface area contributed by atoms with Crippen LogP contribution < -0.4 is 4.90 Å². The van der Waals surface area contributed by atoms with Gasteiger partial charge in [0, 0.05) is 11.9 Å². The van der Waals surface area contributed by atoms with Crippen LogP contribution in [-0.2, 0) is 0 Å². The van der Waals surface area contributed by atoms with E-state index in [-0.39, 0.29) is 71.9 Å². The van der Waals surface area contributed by atoms with E-state index in [1.54, 1.807) is 11.1 Å². The predicted molar refractivity (Wildman–Crippen MR) is 98.9 cm³/mol. The van der Waals surface area contributed by atoms with Gasteiger partial charge in [-0.05, 0) is 19.1 Å². The molecule has 0 aromatic heterocycles. The molecule has 86 valence electrons. The van der Waals surface area contributed by atoms with Crippen molar-refractivity contribution in [3.8, 4) is 0 Å². The third-order valence-electron chi connectivity index (χ3n) is 1.67. The Bertz CT molecular complexity index is 277. The van der Waals surface area contributed by atoms with Gasteiger partial charge < -0.3 is 4.90 Å². The molecule has 0 aliphatic carbocycles. The van der Waals surface area contributed by atoms with Gasteiger partial charge in [-0.1, -0.05) is 24.3 Å². The molecule has 15 heavy (non-hydrogen) atoms. The predicted octanol–water partition coefficient (Wildman–Crippen LogP) is 4.41. The SMILES string of the molecule is C=CN(C=N)c1ccc(C)cc1.I.I.I. The quantitative estimate of drug-likeness (QED) is 0.341. The summed E-state index contributed by atoms with van der Waals surface area (Å²) < 4.78 is 0. The number of nitrogens with zero attached hydrogens (tertiary/aromatic N) is 1. The molecule has 0 aliphatic heterocycles. The number of hydrogen-bond donors (Lipinski definition) is 1. The molecular formula is C10H15I3N2. The van der Waals surface area contributed by atoms with Crippen LogP contribution in [-0.4, -0.2) is 6.34 Å². The van der Waals surface area contributed by atoms with E-state index in [4.69, 9.17) is 5.41 Å². The Labute approximate surface area is 142 Å². The zero-order valence-electron chi connectivity index (χ0n) is 8.34. The summed E-state index contributed by atoms with van der Waals surface area (Å²) in [5.41, 5.74) is 2.18. The number of hydrogen-bond acceptors (Lipinski definition) is 1. The van der Waals surface area contributed by atoms with Crippen molar-refractivity contribution in [2.24, 2.45) is 0 Å². The van der Waals surface area contributed by atoms with Gasteiger partial charge in [-0.3, -0.25) is 5.41 Å². The van der Waals surface area contributed by atoms with Crippen molar-refractivity contribution in [3.05, 3.63) is 42.6 Å². The zero-order chi connectivity index (χ0) is 8.97. The molecule has 1 rings (SSSR count). The second kappa shape index (κ2) is 11.1. The number of halogens is 3. The van der Waals surface area contributed by atoms with Gasteiger partial charge >= 0.3 is 0 Å². The van der Waals surface area contributed by atoms with Gasteiger partial charge in [-0.25, -0.2) is 0 Å². The van der Waals surface area contributed by atoms with Crippen molar-refractivity contribution in [1.82, 2.24) is 0 Å². The molecule has 0 radical (unpaired) electrons. The first-order valence-electron chi connectivity index (χ1n) is 3.76. The molecule has 1 N–H and O–H groups in total. The van der Waals surface area contributed by atoms with Crippen LogP contribution in [0.5, 0.6) is 0 Å². The first-order valence-corrected chi connectivity index (χ1v) is 3.76. The Balaban J connectivity index is -0.000000480. The first-order chi connectivity index (χ1) is 5.77. The van der Waals surface area contributed by atoms with Gasteiger partial charge in [0.05, 0.1) is 6.34 Å². The van der Waals surface area contributed by atoms with Crippen molar-refractivity contribution < 1.29 is 0 Å². The fraction of sp³-hybridized carbons (Fsp3) is 0.100. The topological polar surface area (TPSA) is 27.1 Å². The lowest BCUT2D eigenvalue weighted by molar-refractivity contribution is 1.33. The fourth-order valence-electron chi connectivity index (χ4n) is 0.950. The molecule has 2 nitrogen and oxygen atoms in total. The van der Waals surface area contributed by atoms with Gasteiger partial charge in [-0.15, -0.1) is 71.9 Å². The second-order valence-electron chi connectivity index (χ2n) is 2.55. The summed E-state index contributed by atoms with van der Waals surface area (Å²) >= 11 is 0. The minimum absolute atomic E-state index is 0. The largest absolute Gasteiger partial charge is 0.309 e. The minimum atomic E-state index is 0. The zero-order valence-corrected chi connectivity index (χ0v) is 15.3. The van der Waals surface area contributed by atoms with Crippen molar-refractivity contribution in [2.75, 3.05) is 4.90 Å². The van der Waals surface area contributed by atoms with E-state index in [9.17, 15) is 0 Å². The molecule has 0 fully saturated rings. The molecule has 0 spiro atoms. The van der Waals surface area contributed by atoms with E-state index in [0.29, 0.717) is 0 Å². The van der Waals surface area contributed by atoms with Crippen LogP contribution in [0, 0.1) is 12.3 Å². The van der Waals surface area contributed by atoms with Crippen LogP contribution in [0.3, 0.4) is 0 Å². The Morgan fingerprint density at radius 1 is 1.13 bits per heavy atom. The Morgan fingerprint density at radius 2 is 1.60 bits per heavy atom. The summed E-state index contributed by atoms with van der Waals surface area (Å²) in [6.07, 6.45) is 2.84. The van der Waals surface area contributed by atoms with Crippen molar-refractivity contribution in [3.63, 3.8) is 0 Å². The molecule has 0 amide bonds. The number of nitrogens with one attached hydrogen (secondary N) is 1. The van der Waals surface area contributed by atoms with Crippen LogP contribution >= 0.6 is 71.9 Å². The molecule has 0 aliphatic rings. The lowest BCUT2D eigenvalue weighted by Crippen LogP contribution is -2.10. The van der Waals surface area contributed by atoms with E-state index in [0.717, 1.165) is 5.69 Å². The standard InChI is InChI=1S/C10H12N2.3HI/c1-3-12(8-11)10-6-4-9(2)5-7-10;;;/h3-8,11H,1H2,2H3;3*1H. The third kappa shape index (κ3) is 6.72. The van der Waals surface area contributed by atoms with Crippen LogP contribution in [0.1, 0.15) is 5.56 Å².